The normalized spacial score (nSPS) is 24.0. The lowest BCUT2D eigenvalue weighted by atomic mass is 10.1. The second-order valence-electron chi connectivity index (χ2n) is 4.05. The third kappa shape index (κ3) is 1.66. The van der Waals surface area contributed by atoms with Gasteiger partial charge in [-0.05, 0) is 19.4 Å². The molecule has 2 heterocycles. The Morgan fingerprint density at radius 2 is 2.57 bits per heavy atom. The fourth-order valence-corrected chi connectivity index (χ4v) is 1.95. The standard InChI is InChI=1S/C10H18N4/c1-3-8(2)10-13-12-7-14(10)9-4-5-11-6-9/h7-9,11H,3-6H2,1-2H3. The van der Waals surface area contributed by atoms with Crippen LogP contribution in [0.2, 0.25) is 0 Å². The van der Waals surface area contributed by atoms with Gasteiger partial charge < -0.3 is 9.88 Å². The summed E-state index contributed by atoms with van der Waals surface area (Å²) >= 11 is 0. The fraction of sp³-hybridized carbons (Fsp3) is 0.800. The van der Waals surface area contributed by atoms with E-state index >= 15 is 0 Å². The first-order chi connectivity index (χ1) is 6.83. The Balaban J connectivity index is 2.19. The van der Waals surface area contributed by atoms with E-state index in [1.165, 1.54) is 6.42 Å². The van der Waals surface area contributed by atoms with Crippen LogP contribution < -0.4 is 5.32 Å². The highest BCUT2D eigenvalue weighted by Crippen LogP contribution is 2.22. The third-order valence-corrected chi connectivity index (χ3v) is 3.08. The first-order valence-electron chi connectivity index (χ1n) is 5.43. The maximum Gasteiger partial charge on any atom is 0.135 e. The Morgan fingerprint density at radius 3 is 3.21 bits per heavy atom. The largest absolute Gasteiger partial charge is 0.315 e. The molecule has 0 aliphatic carbocycles. The van der Waals surface area contributed by atoms with Gasteiger partial charge in [0.15, 0.2) is 0 Å². The Morgan fingerprint density at radius 1 is 1.71 bits per heavy atom. The second kappa shape index (κ2) is 4.09. The average molecular weight is 194 g/mol. The zero-order valence-electron chi connectivity index (χ0n) is 8.90. The van der Waals surface area contributed by atoms with Gasteiger partial charge in [-0.25, -0.2) is 0 Å². The number of nitrogens with zero attached hydrogens (tertiary/aromatic N) is 3. The van der Waals surface area contributed by atoms with Crippen molar-refractivity contribution < 1.29 is 0 Å². The minimum atomic E-state index is 0.512. The minimum Gasteiger partial charge on any atom is -0.315 e. The van der Waals surface area contributed by atoms with E-state index in [-0.39, 0.29) is 0 Å². The van der Waals surface area contributed by atoms with Crippen molar-refractivity contribution in [3.05, 3.63) is 12.2 Å². The van der Waals surface area contributed by atoms with Gasteiger partial charge in [-0.3, -0.25) is 0 Å². The first kappa shape index (κ1) is 9.65. The molecule has 0 aromatic carbocycles. The van der Waals surface area contributed by atoms with E-state index in [0.29, 0.717) is 12.0 Å². The molecule has 1 fully saturated rings. The molecule has 1 aromatic rings. The predicted octanol–water partition coefficient (Wildman–Crippen LogP) is 1.33. The Bertz CT molecular complexity index is 288. The van der Waals surface area contributed by atoms with Crippen LogP contribution in [0.1, 0.15) is 44.5 Å². The summed E-state index contributed by atoms with van der Waals surface area (Å²) < 4.78 is 2.24. The summed E-state index contributed by atoms with van der Waals surface area (Å²) in [5.74, 6) is 1.65. The number of hydrogen-bond donors (Lipinski definition) is 1. The molecule has 14 heavy (non-hydrogen) atoms. The molecule has 1 saturated heterocycles. The zero-order chi connectivity index (χ0) is 9.97. The van der Waals surface area contributed by atoms with Crippen LogP contribution in [0.5, 0.6) is 0 Å². The highest BCUT2D eigenvalue weighted by molar-refractivity contribution is 4.98. The predicted molar refractivity (Wildman–Crippen MR) is 55.3 cm³/mol. The maximum absolute atomic E-state index is 4.22. The minimum absolute atomic E-state index is 0.512. The van der Waals surface area contributed by atoms with E-state index in [1.54, 1.807) is 0 Å². The molecule has 78 valence electrons. The average Bonchev–Trinajstić information content (AvgIpc) is 2.85. The monoisotopic (exact) mass is 194 g/mol. The topological polar surface area (TPSA) is 42.7 Å². The van der Waals surface area contributed by atoms with Gasteiger partial charge in [0, 0.05) is 18.5 Å². The van der Waals surface area contributed by atoms with Crippen LogP contribution in [-0.2, 0) is 0 Å². The SMILES string of the molecule is CCC(C)c1nncn1C1CCNC1. The van der Waals surface area contributed by atoms with E-state index in [4.69, 9.17) is 0 Å². The lowest BCUT2D eigenvalue weighted by molar-refractivity contribution is 0.498. The Labute approximate surface area is 84.7 Å². The molecule has 0 bridgehead atoms. The van der Waals surface area contributed by atoms with Crippen LogP contribution in [0.3, 0.4) is 0 Å². The van der Waals surface area contributed by atoms with E-state index in [0.717, 1.165) is 25.3 Å². The quantitative estimate of drug-likeness (QED) is 0.789. The van der Waals surface area contributed by atoms with Crippen molar-refractivity contribution in [3.8, 4) is 0 Å². The molecule has 4 heteroatoms. The van der Waals surface area contributed by atoms with Gasteiger partial charge in [-0.2, -0.15) is 0 Å². The summed E-state index contributed by atoms with van der Waals surface area (Å²) in [4.78, 5) is 0. The van der Waals surface area contributed by atoms with Crippen LogP contribution in [0.15, 0.2) is 6.33 Å². The molecule has 1 aliphatic rings. The maximum atomic E-state index is 4.22. The lowest BCUT2D eigenvalue weighted by Gasteiger charge is -2.15. The Hall–Kier alpha value is -0.900. The highest BCUT2D eigenvalue weighted by Gasteiger charge is 2.21. The van der Waals surface area contributed by atoms with Crippen LogP contribution in [0.25, 0.3) is 0 Å². The van der Waals surface area contributed by atoms with Crippen molar-refractivity contribution in [2.75, 3.05) is 13.1 Å². The summed E-state index contributed by atoms with van der Waals surface area (Å²) in [5.41, 5.74) is 0. The summed E-state index contributed by atoms with van der Waals surface area (Å²) in [6.07, 6.45) is 4.19. The van der Waals surface area contributed by atoms with Crippen molar-refractivity contribution in [1.29, 1.82) is 0 Å². The van der Waals surface area contributed by atoms with Gasteiger partial charge >= 0.3 is 0 Å². The molecular weight excluding hydrogens is 176 g/mol. The van der Waals surface area contributed by atoms with Crippen LogP contribution in [0.4, 0.5) is 0 Å². The molecule has 2 atom stereocenters. The summed E-state index contributed by atoms with van der Waals surface area (Å²) in [5, 5.41) is 11.6. The van der Waals surface area contributed by atoms with Crippen molar-refractivity contribution in [2.24, 2.45) is 0 Å². The first-order valence-corrected chi connectivity index (χ1v) is 5.43. The third-order valence-electron chi connectivity index (χ3n) is 3.08. The molecule has 0 radical (unpaired) electrons. The zero-order valence-corrected chi connectivity index (χ0v) is 8.90. The molecule has 1 N–H and O–H groups in total. The van der Waals surface area contributed by atoms with E-state index < -0.39 is 0 Å². The second-order valence-corrected chi connectivity index (χ2v) is 4.05. The molecule has 0 saturated carbocycles. The molecule has 1 aromatic heterocycles. The van der Waals surface area contributed by atoms with Gasteiger partial charge in [-0.1, -0.05) is 13.8 Å². The van der Waals surface area contributed by atoms with E-state index in [9.17, 15) is 0 Å². The van der Waals surface area contributed by atoms with Gasteiger partial charge in [0.1, 0.15) is 12.2 Å². The molecule has 2 unspecified atom stereocenters. The van der Waals surface area contributed by atoms with Crippen LogP contribution in [-0.4, -0.2) is 27.9 Å². The molecule has 4 nitrogen and oxygen atoms in total. The van der Waals surface area contributed by atoms with Crippen molar-refractivity contribution in [3.63, 3.8) is 0 Å². The smallest absolute Gasteiger partial charge is 0.135 e. The van der Waals surface area contributed by atoms with E-state index in [1.807, 2.05) is 6.33 Å². The molecule has 1 aliphatic heterocycles. The van der Waals surface area contributed by atoms with Gasteiger partial charge in [0.05, 0.1) is 0 Å². The van der Waals surface area contributed by atoms with Crippen LogP contribution >= 0.6 is 0 Å². The summed E-state index contributed by atoms with van der Waals surface area (Å²) in [6, 6.07) is 0.564. The van der Waals surface area contributed by atoms with Crippen molar-refractivity contribution >= 4 is 0 Å². The van der Waals surface area contributed by atoms with Gasteiger partial charge in [0.2, 0.25) is 0 Å². The van der Waals surface area contributed by atoms with Gasteiger partial charge in [-0.15, -0.1) is 10.2 Å². The van der Waals surface area contributed by atoms with Gasteiger partial charge in [0.25, 0.3) is 0 Å². The number of nitrogens with one attached hydrogen (secondary N) is 1. The van der Waals surface area contributed by atoms with E-state index in [2.05, 4.69) is 33.9 Å². The fourth-order valence-electron chi connectivity index (χ4n) is 1.95. The number of aromatic nitrogens is 3. The molecular formula is C10H18N4. The Kier molecular flexibility index (Phi) is 2.82. The highest BCUT2D eigenvalue weighted by atomic mass is 15.3. The molecule has 0 amide bonds. The number of rotatable bonds is 3. The van der Waals surface area contributed by atoms with Crippen molar-refractivity contribution in [2.45, 2.75) is 38.6 Å². The molecule has 0 spiro atoms. The molecule has 2 rings (SSSR count). The lowest BCUT2D eigenvalue weighted by Crippen LogP contribution is -2.16. The van der Waals surface area contributed by atoms with Crippen LogP contribution in [0, 0.1) is 0 Å². The van der Waals surface area contributed by atoms with Crippen molar-refractivity contribution in [1.82, 2.24) is 20.1 Å². The number of hydrogen-bond acceptors (Lipinski definition) is 3. The summed E-state index contributed by atoms with van der Waals surface area (Å²) in [7, 11) is 0. The summed E-state index contributed by atoms with van der Waals surface area (Å²) in [6.45, 7) is 6.57.